The zero-order chi connectivity index (χ0) is 37.8. The van der Waals surface area contributed by atoms with Gasteiger partial charge in [0.25, 0.3) is 0 Å². The van der Waals surface area contributed by atoms with Crippen LogP contribution in [0, 0.1) is 0 Å². The molecule has 52 heavy (non-hydrogen) atoms. The maximum absolute atomic E-state index is 12.2. The van der Waals surface area contributed by atoms with Gasteiger partial charge in [-0.25, -0.2) is 0 Å². The zero-order valence-electron chi connectivity index (χ0n) is 34.3. The molecule has 0 rings (SSSR count). The average Bonchev–Trinajstić information content (AvgIpc) is 3.15. The van der Waals surface area contributed by atoms with Crippen LogP contribution in [0.3, 0.4) is 0 Å². The molecule has 0 aliphatic rings. The maximum atomic E-state index is 12.2. The van der Waals surface area contributed by atoms with Crippen LogP contribution in [0.2, 0.25) is 0 Å². The van der Waals surface area contributed by atoms with Gasteiger partial charge in [-0.1, -0.05) is 184 Å². The second kappa shape index (κ2) is 43.3. The molecule has 5 nitrogen and oxygen atoms in total. The van der Waals surface area contributed by atoms with Gasteiger partial charge in [0.2, 0.25) is 0 Å². The maximum Gasteiger partial charge on any atom is 0.306 e. The van der Waals surface area contributed by atoms with E-state index in [4.69, 9.17) is 9.47 Å². The molecule has 0 fully saturated rings. The first-order valence-corrected chi connectivity index (χ1v) is 22.2. The molecule has 5 heteroatoms. The molecule has 0 unspecified atom stereocenters. The van der Waals surface area contributed by atoms with Crippen LogP contribution in [0.1, 0.15) is 219 Å². The molecule has 0 amide bonds. The predicted molar refractivity (Wildman–Crippen MR) is 224 cm³/mol. The SMILES string of the molecule is CCCCCCCCC=CCC=CCC=CCCCC(=O)OC[C@H](CO)OC(=O)CCCCCCCCCCCCCC=CCCCCCCCC. The van der Waals surface area contributed by atoms with Crippen molar-refractivity contribution in [1.82, 2.24) is 0 Å². The molecule has 0 spiro atoms. The smallest absolute Gasteiger partial charge is 0.306 e. The Bertz CT molecular complexity index is 873. The van der Waals surface area contributed by atoms with Crippen molar-refractivity contribution in [3.05, 3.63) is 48.6 Å². The van der Waals surface area contributed by atoms with Crippen molar-refractivity contribution in [2.24, 2.45) is 0 Å². The first-order chi connectivity index (χ1) is 25.6. The van der Waals surface area contributed by atoms with E-state index in [-0.39, 0.29) is 25.2 Å². The largest absolute Gasteiger partial charge is 0.462 e. The highest BCUT2D eigenvalue weighted by molar-refractivity contribution is 5.70. The molecular formula is C47H84O5. The van der Waals surface area contributed by atoms with E-state index in [2.05, 4.69) is 62.5 Å². The van der Waals surface area contributed by atoms with Crippen molar-refractivity contribution >= 4 is 11.9 Å². The number of carbonyl (C=O) groups is 2. The van der Waals surface area contributed by atoms with E-state index in [1.54, 1.807) is 0 Å². The van der Waals surface area contributed by atoms with Gasteiger partial charge in [0, 0.05) is 12.8 Å². The Morgan fingerprint density at radius 2 is 0.788 bits per heavy atom. The summed E-state index contributed by atoms with van der Waals surface area (Å²) in [5.74, 6) is -0.649. The van der Waals surface area contributed by atoms with Crippen LogP contribution in [-0.4, -0.2) is 36.4 Å². The third-order valence-corrected chi connectivity index (χ3v) is 9.60. The molecule has 0 aliphatic heterocycles. The molecule has 0 aromatic carbocycles. The normalized spacial score (nSPS) is 12.6. The van der Waals surface area contributed by atoms with Crippen molar-refractivity contribution < 1.29 is 24.2 Å². The molecule has 0 aromatic rings. The number of unbranched alkanes of at least 4 members (excludes halogenated alkanes) is 24. The Morgan fingerprint density at radius 3 is 1.23 bits per heavy atom. The Kier molecular flexibility index (Phi) is 41.5. The predicted octanol–water partition coefficient (Wildman–Crippen LogP) is 14.2. The summed E-state index contributed by atoms with van der Waals surface area (Å²) in [5, 5.41) is 9.58. The fraction of sp³-hybridized carbons (Fsp3) is 0.787. The summed E-state index contributed by atoms with van der Waals surface area (Å²) >= 11 is 0. The molecule has 1 N–H and O–H groups in total. The van der Waals surface area contributed by atoms with Crippen LogP contribution in [0.4, 0.5) is 0 Å². The van der Waals surface area contributed by atoms with Crippen molar-refractivity contribution in [2.45, 2.75) is 225 Å². The highest BCUT2D eigenvalue weighted by Crippen LogP contribution is 2.14. The van der Waals surface area contributed by atoms with Crippen molar-refractivity contribution in [1.29, 1.82) is 0 Å². The lowest BCUT2D eigenvalue weighted by atomic mass is 10.0. The lowest BCUT2D eigenvalue weighted by molar-refractivity contribution is -0.161. The molecule has 0 bridgehead atoms. The second-order valence-electron chi connectivity index (χ2n) is 14.8. The number of aliphatic hydroxyl groups excluding tert-OH is 1. The third kappa shape index (κ3) is 40.6. The molecule has 302 valence electrons. The van der Waals surface area contributed by atoms with E-state index in [9.17, 15) is 14.7 Å². The van der Waals surface area contributed by atoms with Crippen LogP contribution >= 0.6 is 0 Å². The fourth-order valence-electron chi connectivity index (χ4n) is 6.21. The Morgan fingerprint density at radius 1 is 0.442 bits per heavy atom. The van der Waals surface area contributed by atoms with Gasteiger partial charge in [0.15, 0.2) is 6.10 Å². The first-order valence-electron chi connectivity index (χ1n) is 22.2. The van der Waals surface area contributed by atoms with Gasteiger partial charge in [-0.2, -0.15) is 0 Å². The zero-order valence-corrected chi connectivity index (χ0v) is 34.3. The fourth-order valence-corrected chi connectivity index (χ4v) is 6.21. The summed E-state index contributed by atoms with van der Waals surface area (Å²) in [6.45, 7) is 4.09. The summed E-state index contributed by atoms with van der Waals surface area (Å²) in [6.07, 6.45) is 54.7. The van der Waals surface area contributed by atoms with Gasteiger partial charge in [-0.05, 0) is 70.6 Å². The molecular weight excluding hydrogens is 645 g/mol. The summed E-state index contributed by atoms with van der Waals surface area (Å²) in [5.41, 5.74) is 0. The Labute approximate surface area is 322 Å². The van der Waals surface area contributed by atoms with Gasteiger partial charge < -0.3 is 14.6 Å². The van der Waals surface area contributed by atoms with E-state index in [1.165, 1.54) is 148 Å². The summed E-state index contributed by atoms with van der Waals surface area (Å²) < 4.78 is 10.6. The van der Waals surface area contributed by atoms with Crippen LogP contribution in [0.25, 0.3) is 0 Å². The molecule has 0 heterocycles. The Balaban J connectivity index is 3.59. The number of rotatable bonds is 40. The minimum atomic E-state index is -0.792. The lowest BCUT2D eigenvalue weighted by Gasteiger charge is -2.15. The van der Waals surface area contributed by atoms with Crippen molar-refractivity contribution in [3.8, 4) is 0 Å². The first kappa shape index (κ1) is 49.9. The van der Waals surface area contributed by atoms with E-state index in [1.807, 2.05) is 0 Å². The van der Waals surface area contributed by atoms with Gasteiger partial charge >= 0.3 is 11.9 Å². The number of allylic oxidation sites excluding steroid dienone is 8. The number of hydrogen-bond acceptors (Lipinski definition) is 5. The molecule has 0 radical (unpaired) electrons. The van der Waals surface area contributed by atoms with E-state index in [0.29, 0.717) is 19.3 Å². The molecule has 0 saturated heterocycles. The van der Waals surface area contributed by atoms with Crippen LogP contribution < -0.4 is 0 Å². The van der Waals surface area contributed by atoms with Crippen LogP contribution in [0.5, 0.6) is 0 Å². The average molecular weight is 729 g/mol. The van der Waals surface area contributed by atoms with E-state index < -0.39 is 6.10 Å². The monoisotopic (exact) mass is 729 g/mol. The lowest BCUT2D eigenvalue weighted by Crippen LogP contribution is -2.28. The number of hydrogen-bond donors (Lipinski definition) is 1. The summed E-state index contributed by atoms with van der Waals surface area (Å²) in [7, 11) is 0. The molecule has 0 aromatic heterocycles. The highest BCUT2D eigenvalue weighted by atomic mass is 16.6. The molecule has 0 saturated carbocycles. The van der Waals surface area contributed by atoms with Crippen LogP contribution in [0.15, 0.2) is 48.6 Å². The summed E-state index contributed by atoms with van der Waals surface area (Å²) in [6, 6.07) is 0. The topological polar surface area (TPSA) is 72.8 Å². The summed E-state index contributed by atoms with van der Waals surface area (Å²) in [4.78, 5) is 24.3. The minimum absolute atomic E-state index is 0.0918. The van der Waals surface area contributed by atoms with E-state index in [0.717, 1.165) is 38.5 Å². The van der Waals surface area contributed by atoms with Gasteiger partial charge in [0.1, 0.15) is 6.61 Å². The number of aliphatic hydroxyl groups is 1. The quantitative estimate of drug-likeness (QED) is 0.0386. The minimum Gasteiger partial charge on any atom is -0.462 e. The van der Waals surface area contributed by atoms with Gasteiger partial charge in [-0.3, -0.25) is 9.59 Å². The number of ether oxygens (including phenoxy) is 2. The van der Waals surface area contributed by atoms with Gasteiger partial charge in [-0.15, -0.1) is 0 Å². The third-order valence-electron chi connectivity index (χ3n) is 9.60. The Hall–Kier alpha value is -2.14. The highest BCUT2D eigenvalue weighted by Gasteiger charge is 2.16. The van der Waals surface area contributed by atoms with E-state index >= 15 is 0 Å². The van der Waals surface area contributed by atoms with Crippen molar-refractivity contribution in [2.75, 3.05) is 13.2 Å². The van der Waals surface area contributed by atoms with Gasteiger partial charge in [0.05, 0.1) is 6.61 Å². The molecule has 1 atom stereocenters. The number of carbonyl (C=O) groups excluding carboxylic acids is 2. The number of esters is 2. The second-order valence-corrected chi connectivity index (χ2v) is 14.8. The van der Waals surface area contributed by atoms with Crippen LogP contribution in [-0.2, 0) is 19.1 Å². The standard InChI is InChI=1S/C47H84O5/c1-3-5-7-9-11-13-15-17-19-21-22-23-24-26-28-30-32-34-36-38-40-42-47(50)52-45(43-48)44-51-46(49)41-39-37-35-33-31-29-27-25-20-18-16-14-12-10-8-6-4-2/h17-20,27,29,33,35,45,48H,3-16,21-26,28,30-32,34,36-44H2,1-2H3/t45-/m0/s1. The molecule has 0 aliphatic carbocycles. The van der Waals surface area contributed by atoms with Crippen molar-refractivity contribution in [3.63, 3.8) is 0 Å².